The molecule has 4 rings (SSSR count). The van der Waals surface area contributed by atoms with Crippen LogP contribution in [0.2, 0.25) is 10.0 Å². The summed E-state index contributed by atoms with van der Waals surface area (Å²) in [6, 6.07) is 12.9. The normalized spacial score (nSPS) is 10.8. The predicted octanol–water partition coefficient (Wildman–Crippen LogP) is 4.54. The van der Waals surface area contributed by atoms with E-state index in [-0.39, 0.29) is 5.69 Å². The Morgan fingerprint density at radius 2 is 1.83 bits per heavy atom. The highest BCUT2D eigenvalue weighted by atomic mass is 35.5. The lowest BCUT2D eigenvalue weighted by molar-refractivity contribution is -0.386. The van der Waals surface area contributed by atoms with Gasteiger partial charge in [-0.3, -0.25) is 24.7 Å². The van der Waals surface area contributed by atoms with Gasteiger partial charge in [0.1, 0.15) is 5.69 Å². The lowest BCUT2D eigenvalue weighted by Crippen LogP contribution is -2.25. The first-order valence-corrected chi connectivity index (χ1v) is 10.7. The quantitative estimate of drug-likeness (QED) is 0.261. The number of aromatic nitrogens is 3. The largest absolute Gasteiger partial charge is 0.481 e. The number of aliphatic carboxylic acids is 1. The fourth-order valence-corrected chi connectivity index (χ4v) is 3.81. The number of fused-ring (bicyclic) bond motifs is 1. The van der Waals surface area contributed by atoms with E-state index in [1.54, 1.807) is 18.2 Å². The molecule has 2 aromatic carbocycles. The van der Waals surface area contributed by atoms with E-state index in [9.17, 15) is 19.7 Å². The van der Waals surface area contributed by atoms with Gasteiger partial charge in [0, 0.05) is 46.2 Å². The number of carboxylic acid groups (broad SMARTS) is 1. The third-order valence-corrected chi connectivity index (χ3v) is 5.32. The third kappa shape index (κ3) is 6.25. The SMILES string of the molecule is CC(=O)O.O=c1[nH]c(C=Cc2cn(Cc3ccc(Cl)cc3Cl)c3ccccc23)c([N+](=O)[O-])c(=O)[nH]1. The molecule has 10 nitrogen and oxygen atoms in total. The first-order valence-electron chi connectivity index (χ1n) is 9.97. The van der Waals surface area contributed by atoms with Gasteiger partial charge in [-0.15, -0.1) is 0 Å². The van der Waals surface area contributed by atoms with Crippen LogP contribution >= 0.6 is 23.2 Å². The predicted molar refractivity (Wildman–Crippen MR) is 134 cm³/mol. The highest BCUT2D eigenvalue weighted by molar-refractivity contribution is 6.35. The smallest absolute Gasteiger partial charge is 0.357 e. The second kappa shape index (κ2) is 10.9. The van der Waals surface area contributed by atoms with E-state index in [1.165, 1.54) is 6.08 Å². The minimum Gasteiger partial charge on any atom is -0.481 e. The maximum Gasteiger partial charge on any atom is 0.357 e. The van der Waals surface area contributed by atoms with Gasteiger partial charge in [0.05, 0.1) is 4.92 Å². The maximum atomic E-state index is 11.8. The summed E-state index contributed by atoms with van der Waals surface area (Å²) in [5.74, 6) is -0.833. The molecule has 0 saturated carbocycles. The summed E-state index contributed by atoms with van der Waals surface area (Å²) in [5, 5.41) is 20.6. The Morgan fingerprint density at radius 1 is 1.14 bits per heavy atom. The molecule has 0 aliphatic rings. The van der Waals surface area contributed by atoms with Crippen LogP contribution < -0.4 is 11.2 Å². The second-order valence-electron chi connectivity index (χ2n) is 7.25. The monoisotopic (exact) mass is 516 g/mol. The molecule has 0 spiro atoms. The van der Waals surface area contributed by atoms with Gasteiger partial charge < -0.3 is 14.7 Å². The molecule has 0 aliphatic carbocycles. The molecule has 0 amide bonds. The highest BCUT2D eigenvalue weighted by Crippen LogP contribution is 2.27. The molecule has 180 valence electrons. The molecule has 0 unspecified atom stereocenters. The van der Waals surface area contributed by atoms with E-state index in [4.69, 9.17) is 33.1 Å². The Hall–Kier alpha value is -4.15. The Labute approximate surface area is 207 Å². The van der Waals surface area contributed by atoms with Crippen molar-refractivity contribution in [3.8, 4) is 0 Å². The van der Waals surface area contributed by atoms with E-state index in [1.807, 2.05) is 46.1 Å². The van der Waals surface area contributed by atoms with E-state index >= 15 is 0 Å². The molecule has 12 heteroatoms. The number of hydrogen-bond donors (Lipinski definition) is 3. The summed E-state index contributed by atoms with van der Waals surface area (Å²) in [7, 11) is 0. The van der Waals surface area contributed by atoms with Crippen LogP contribution in [-0.2, 0) is 11.3 Å². The Bertz CT molecular complexity index is 1560. The molecule has 0 saturated heterocycles. The van der Waals surface area contributed by atoms with Gasteiger partial charge in [-0.05, 0) is 29.8 Å². The molecule has 2 aromatic heterocycles. The zero-order valence-corrected chi connectivity index (χ0v) is 19.6. The molecule has 0 fully saturated rings. The van der Waals surface area contributed by atoms with Crippen LogP contribution in [0.25, 0.3) is 23.1 Å². The molecule has 0 radical (unpaired) electrons. The zero-order valence-electron chi connectivity index (χ0n) is 18.1. The molecule has 3 N–H and O–H groups in total. The summed E-state index contributed by atoms with van der Waals surface area (Å²) in [6.45, 7) is 1.56. The second-order valence-corrected chi connectivity index (χ2v) is 8.09. The number of carbonyl (C=O) groups is 1. The molecule has 0 bridgehead atoms. The Balaban J connectivity index is 0.000000795. The van der Waals surface area contributed by atoms with Crippen molar-refractivity contribution in [1.29, 1.82) is 0 Å². The number of hydrogen-bond acceptors (Lipinski definition) is 5. The van der Waals surface area contributed by atoms with Gasteiger partial charge in [0.2, 0.25) is 0 Å². The number of rotatable bonds is 5. The zero-order chi connectivity index (χ0) is 25.7. The number of H-pyrrole nitrogens is 2. The molecule has 0 aliphatic heterocycles. The number of nitro groups is 1. The average Bonchev–Trinajstić information content (AvgIpc) is 3.10. The van der Waals surface area contributed by atoms with E-state index in [0.29, 0.717) is 16.6 Å². The third-order valence-electron chi connectivity index (χ3n) is 4.73. The fraction of sp³-hybridized carbons (Fsp3) is 0.0870. The minimum atomic E-state index is -1.06. The van der Waals surface area contributed by atoms with Crippen molar-refractivity contribution in [3.05, 3.63) is 106 Å². The van der Waals surface area contributed by atoms with Crippen molar-refractivity contribution in [2.45, 2.75) is 13.5 Å². The summed E-state index contributed by atoms with van der Waals surface area (Å²) >= 11 is 12.3. The first kappa shape index (κ1) is 25.5. The molecule has 35 heavy (non-hydrogen) atoms. The van der Waals surface area contributed by atoms with E-state index in [2.05, 4.69) is 4.98 Å². The Morgan fingerprint density at radius 3 is 2.49 bits per heavy atom. The number of carboxylic acids is 1. The first-order chi connectivity index (χ1) is 16.6. The minimum absolute atomic E-state index is 0.184. The van der Waals surface area contributed by atoms with Crippen molar-refractivity contribution in [3.63, 3.8) is 0 Å². The van der Waals surface area contributed by atoms with Crippen LogP contribution in [0, 0.1) is 10.1 Å². The van der Waals surface area contributed by atoms with Crippen LogP contribution in [0.3, 0.4) is 0 Å². The van der Waals surface area contributed by atoms with Crippen molar-refractivity contribution in [2.24, 2.45) is 0 Å². The molecule has 4 aromatic rings. The standard InChI is InChI=1S/C21H14Cl2N4O4.C2H4O2/c22-14-7-5-13(16(23)9-14)11-26-10-12(15-3-1-2-4-18(15)26)6-8-17-19(27(30)31)20(28)25-21(29)24-17;1-2(3)4/h1-10H,11H2,(H2,24,25,28,29);1H3,(H,3,4). The van der Waals surface area contributed by atoms with Gasteiger partial charge in [-0.25, -0.2) is 4.79 Å². The molecule has 0 atom stereocenters. The topological polar surface area (TPSA) is 151 Å². The number of benzene rings is 2. The molecule has 2 heterocycles. The van der Waals surface area contributed by atoms with Crippen LogP contribution in [0.15, 0.2) is 58.3 Å². The summed E-state index contributed by atoms with van der Waals surface area (Å²) in [5.41, 5.74) is -0.262. The van der Waals surface area contributed by atoms with Gasteiger partial charge in [0.15, 0.2) is 0 Å². The number of nitrogens with one attached hydrogen (secondary N) is 2. The van der Waals surface area contributed by atoms with Gasteiger partial charge in [0.25, 0.3) is 5.97 Å². The average molecular weight is 517 g/mol. The van der Waals surface area contributed by atoms with Crippen LogP contribution in [0.1, 0.15) is 23.7 Å². The van der Waals surface area contributed by atoms with Gasteiger partial charge in [-0.2, -0.15) is 0 Å². The van der Waals surface area contributed by atoms with Crippen LogP contribution in [-0.4, -0.2) is 30.5 Å². The van der Waals surface area contributed by atoms with Crippen molar-refractivity contribution in [1.82, 2.24) is 14.5 Å². The summed E-state index contributed by atoms with van der Waals surface area (Å²) in [6.07, 6.45) is 4.82. The van der Waals surface area contributed by atoms with Gasteiger partial charge >= 0.3 is 16.9 Å². The van der Waals surface area contributed by atoms with Crippen molar-refractivity contribution >= 4 is 57.9 Å². The van der Waals surface area contributed by atoms with Crippen LogP contribution in [0.4, 0.5) is 5.69 Å². The Kier molecular flexibility index (Phi) is 7.90. The fourth-order valence-electron chi connectivity index (χ4n) is 3.34. The summed E-state index contributed by atoms with van der Waals surface area (Å²) in [4.78, 5) is 47.0. The molecular weight excluding hydrogens is 499 g/mol. The van der Waals surface area contributed by atoms with Crippen LogP contribution in [0.5, 0.6) is 0 Å². The maximum absolute atomic E-state index is 11.8. The number of halogens is 2. The number of para-hydroxylation sites is 1. The van der Waals surface area contributed by atoms with Gasteiger partial charge in [-0.1, -0.05) is 53.5 Å². The number of nitrogens with zero attached hydrogens (tertiary/aromatic N) is 2. The highest BCUT2D eigenvalue weighted by Gasteiger charge is 2.19. The lowest BCUT2D eigenvalue weighted by Gasteiger charge is -2.08. The molecular formula is C23H18Cl2N4O6. The van der Waals surface area contributed by atoms with Crippen molar-refractivity contribution in [2.75, 3.05) is 0 Å². The summed E-state index contributed by atoms with van der Waals surface area (Å²) < 4.78 is 1.99. The van der Waals surface area contributed by atoms with E-state index < -0.39 is 27.8 Å². The van der Waals surface area contributed by atoms with E-state index in [0.717, 1.165) is 29.0 Å². The van der Waals surface area contributed by atoms with Crippen molar-refractivity contribution < 1.29 is 14.8 Å². The number of aromatic amines is 2. The lowest BCUT2D eigenvalue weighted by atomic mass is 10.1.